The van der Waals surface area contributed by atoms with Crippen molar-refractivity contribution >= 4 is 16.8 Å². The first-order valence-corrected chi connectivity index (χ1v) is 7.37. The Kier molecular flexibility index (Phi) is 4.37. The Hall–Kier alpha value is -2.26. The van der Waals surface area contributed by atoms with Crippen molar-refractivity contribution in [3.8, 4) is 5.75 Å². The Balaban J connectivity index is 1.89. The van der Waals surface area contributed by atoms with Gasteiger partial charge in [0.2, 0.25) is 6.29 Å². The van der Waals surface area contributed by atoms with Crippen molar-refractivity contribution in [1.29, 1.82) is 0 Å². The second-order valence-electron chi connectivity index (χ2n) is 5.65. The second kappa shape index (κ2) is 6.33. The maximum Gasteiger partial charge on any atom is 0.346 e. The average molecular weight is 336 g/mol. The minimum absolute atomic E-state index is 0.303. The number of ether oxygens (including phenoxy) is 2. The lowest BCUT2D eigenvalue weighted by Crippen LogP contribution is -2.61. The molecule has 1 aliphatic rings. The van der Waals surface area contributed by atoms with Gasteiger partial charge in [-0.25, -0.2) is 4.79 Å². The van der Waals surface area contributed by atoms with Crippen molar-refractivity contribution in [3.05, 3.63) is 40.2 Å². The van der Waals surface area contributed by atoms with Gasteiger partial charge < -0.3 is 29.8 Å². The van der Waals surface area contributed by atoms with Crippen LogP contribution < -0.4 is 16.1 Å². The van der Waals surface area contributed by atoms with E-state index in [9.17, 15) is 19.8 Å². The molecule has 2 aromatic rings. The van der Waals surface area contributed by atoms with Gasteiger partial charge in [0.25, 0.3) is 0 Å². The smallest absolute Gasteiger partial charge is 0.346 e. The Labute approximate surface area is 136 Å². The van der Waals surface area contributed by atoms with Crippen LogP contribution in [0, 0.1) is 6.92 Å². The molecule has 5 N–H and O–H groups in total. The molecule has 1 saturated heterocycles. The second-order valence-corrected chi connectivity index (χ2v) is 5.65. The van der Waals surface area contributed by atoms with E-state index >= 15 is 0 Å². The lowest BCUT2D eigenvalue weighted by atomic mass is 10.00. The molecule has 1 fully saturated rings. The van der Waals surface area contributed by atoms with E-state index in [1.165, 1.54) is 12.1 Å². The monoisotopic (exact) mass is 336 g/mol. The van der Waals surface area contributed by atoms with Crippen LogP contribution in [0.1, 0.15) is 5.56 Å². The van der Waals surface area contributed by atoms with Crippen LogP contribution in [-0.2, 0) is 4.74 Å². The van der Waals surface area contributed by atoms with E-state index in [2.05, 4.69) is 0 Å². The van der Waals surface area contributed by atoms with E-state index in [0.29, 0.717) is 11.3 Å². The highest BCUT2D eigenvalue weighted by atomic mass is 16.7. The Bertz CT molecular complexity index is 831. The first-order valence-electron chi connectivity index (χ1n) is 7.37. The number of fused-ring (bicyclic) bond motifs is 1. The largest absolute Gasteiger partial charge is 0.462 e. The normalized spacial score (nSPS) is 27.4. The molecule has 1 aromatic heterocycles. The van der Waals surface area contributed by atoms with Gasteiger partial charge in [0, 0.05) is 17.5 Å². The summed E-state index contributed by atoms with van der Waals surface area (Å²) < 4.78 is 16.1. The summed E-state index contributed by atoms with van der Waals surface area (Å²) in [5, 5.41) is 19.7. The van der Waals surface area contributed by atoms with Gasteiger partial charge in [-0.2, -0.15) is 0 Å². The van der Waals surface area contributed by atoms with E-state index in [1.807, 2.05) is 0 Å². The molecule has 24 heavy (non-hydrogen) atoms. The molecule has 128 valence electrons. The van der Waals surface area contributed by atoms with Crippen molar-refractivity contribution in [2.24, 2.45) is 5.73 Å². The van der Waals surface area contributed by atoms with Crippen LogP contribution >= 0.6 is 0 Å². The Morgan fingerprint density at radius 2 is 2.12 bits per heavy atom. The molecular formula is C16H18NO7+. The van der Waals surface area contributed by atoms with E-state index < -0.39 is 42.6 Å². The molecule has 8 nitrogen and oxygen atoms in total. The van der Waals surface area contributed by atoms with Crippen LogP contribution in [0.2, 0.25) is 0 Å². The third-order valence-corrected chi connectivity index (χ3v) is 3.95. The highest BCUT2D eigenvalue weighted by molar-refractivity contribution is 5.90. The number of carbonyl (C=O) groups excluding carboxylic acids is 1. The molecule has 1 aromatic carbocycles. The third kappa shape index (κ3) is 2.92. The molecule has 0 amide bonds. The minimum Gasteiger partial charge on any atom is -0.462 e. The number of aryl methyl sites for hydroxylation is 1. The molecule has 3 rings (SSSR count). The first kappa shape index (κ1) is 16.6. The summed E-state index contributed by atoms with van der Waals surface area (Å²) in [6.45, 7) is 1.28. The topological polar surface area (TPSA) is 137 Å². The zero-order valence-electron chi connectivity index (χ0n) is 12.9. The predicted molar refractivity (Wildman–Crippen MR) is 84.5 cm³/mol. The van der Waals surface area contributed by atoms with Crippen molar-refractivity contribution in [1.82, 2.24) is 0 Å². The van der Waals surface area contributed by atoms with Gasteiger partial charge in [0.1, 0.15) is 17.4 Å². The maximum atomic E-state index is 11.5. The predicted octanol–water partition coefficient (Wildman–Crippen LogP) is -0.569. The first-order chi connectivity index (χ1) is 11.4. The van der Waals surface area contributed by atoms with Crippen LogP contribution in [0.15, 0.2) is 33.5 Å². The minimum atomic E-state index is -1.39. The third-order valence-electron chi connectivity index (χ3n) is 3.95. The van der Waals surface area contributed by atoms with Gasteiger partial charge in [0.15, 0.2) is 12.1 Å². The molecule has 2 unspecified atom stereocenters. The summed E-state index contributed by atoms with van der Waals surface area (Å²) in [7, 11) is 0. The Morgan fingerprint density at radius 3 is 2.83 bits per heavy atom. The van der Waals surface area contributed by atoms with Gasteiger partial charge in [0.05, 0.1) is 6.61 Å². The summed E-state index contributed by atoms with van der Waals surface area (Å²) in [5.41, 5.74) is 6.42. The van der Waals surface area contributed by atoms with E-state index in [1.54, 1.807) is 19.1 Å². The fourth-order valence-corrected chi connectivity index (χ4v) is 2.62. The van der Waals surface area contributed by atoms with Gasteiger partial charge in [-0.1, -0.05) is 0 Å². The van der Waals surface area contributed by atoms with Crippen molar-refractivity contribution in [2.75, 3.05) is 6.61 Å². The summed E-state index contributed by atoms with van der Waals surface area (Å²) in [5.74, 6) is -0.119. The zero-order chi connectivity index (χ0) is 17.4. The van der Waals surface area contributed by atoms with Crippen molar-refractivity contribution in [2.45, 2.75) is 31.5 Å². The van der Waals surface area contributed by atoms with E-state index in [0.717, 1.165) is 10.9 Å². The Morgan fingerprint density at radius 1 is 1.38 bits per heavy atom. The molecule has 0 aliphatic carbocycles. The van der Waals surface area contributed by atoms with Gasteiger partial charge >= 0.3 is 11.4 Å². The quantitative estimate of drug-likeness (QED) is 0.504. The summed E-state index contributed by atoms with van der Waals surface area (Å²) in [4.78, 5) is 21.3. The summed E-state index contributed by atoms with van der Waals surface area (Å²) in [6.07, 6.45) is -3.54. The lowest BCUT2D eigenvalue weighted by molar-refractivity contribution is -0.171. The van der Waals surface area contributed by atoms with Crippen LogP contribution in [0.3, 0.4) is 0 Å². The van der Waals surface area contributed by atoms with Crippen molar-refractivity contribution < 1.29 is 28.9 Å². The number of rotatable bonds is 3. The highest BCUT2D eigenvalue weighted by Crippen LogP contribution is 2.25. The highest BCUT2D eigenvalue weighted by Gasteiger charge is 2.48. The average Bonchev–Trinajstić information content (AvgIpc) is 2.55. The van der Waals surface area contributed by atoms with Gasteiger partial charge in [-0.3, -0.25) is 4.79 Å². The van der Waals surface area contributed by atoms with Crippen LogP contribution in [0.5, 0.6) is 5.75 Å². The fraction of sp³-hybridized carbons (Fsp3) is 0.375. The molecule has 2 heterocycles. The number of aliphatic hydroxyl groups excluding tert-OH is 2. The number of ketones is 1. The van der Waals surface area contributed by atoms with Gasteiger partial charge in [-0.15, -0.1) is 0 Å². The standard InChI is InChI=1S/C16H17NO7/c1-7-4-12(19)23-10-5-8(2-3-9(7)10)22-16-13(17)15(21)14(20)11(6-18)24-16/h2-5,11,13-14,16,18,20H,6,17H2,1H3/p+1/t11?,13?,14-,16+/m0/s1. The number of hydrogen-bond acceptors (Lipinski definition) is 7. The molecule has 1 aliphatic heterocycles. The maximum absolute atomic E-state index is 11.5. The SMILES string of the molecule is Cc1cc(=O)oc2cc(O[C@@H]3OC(CO)[C@H](O)C(=[OH+])C3N)ccc12. The lowest BCUT2D eigenvalue weighted by Gasteiger charge is -2.33. The van der Waals surface area contributed by atoms with Crippen LogP contribution in [0.25, 0.3) is 11.0 Å². The zero-order valence-corrected chi connectivity index (χ0v) is 12.9. The molecule has 0 radical (unpaired) electrons. The molecule has 0 spiro atoms. The molecule has 0 bridgehead atoms. The number of aliphatic hydroxyl groups is 2. The summed E-state index contributed by atoms with van der Waals surface area (Å²) in [6, 6.07) is 5.17. The van der Waals surface area contributed by atoms with E-state index in [4.69, 9.17) is 19.6 Å². The van der Waals surface area contributed by atoms with Crippen LogP contribution in [0.4, 0.5) is 0 Å². The summed E-state index contributed by atoms with van der Waals surface area (Å²) >= 11 is 0. The fourth-order valence-electron chi connectivity index (χ4n) is 2.62. The molecule has 4 atom stereocenters. The van der Waals surface area contributed by atoms with Crippen LogP contribution in [-0.4, -0.2) is 51.9 Å². The number of benzene rings is 1. The molecular weight excluding hydrogens is 318 g/mol. The number of hydrogen-bond donors (Lipinski definition) is 3. The molecule has 0 saturated carbocycles. The molecule has 8 heteroatoms. The van der Waals surface area contributed by atoms with E-state index in [-0.39, 0.29) is 0 Å². The van der Waals surface area contributed by atoms with Crippen molar-refractivity contribution in [3.63, 3.8) is 0 Å². The van der Waals surface area contributed by atoms with Gasteiger partial charge in [-0.05, 0) is 24.6 Å². The number of nitrogens with two attached hydrogens (primary N) is 1.